The molecule has 2 aliphatic rings. The van der Waals surface area contributed by atoms with Gasteiger partial charge in [0.25, 0.3) is 0 Å². The van der Waals surface area contributed by atoms with Crippen LogP contribution in [0.1, 0.15) is 39.5 Å². The van der Waals surface area contributed by atoms with Crippen LogP contribution in [0.4, 0.5) is 0 Å². The highest BCUT2D eigenvalue weighted by molar-refractivity contribution is 7.80. The third kappa shape index (κ3) is 4.32. The molecule has 4 heteroatoms. The molecule has 0 amide bonds. The first-order valence-corrected chi connectivity index (χ1v) is 7.96. The van der Waals surface area contributed by atoms with E-state index >= 15 is 0 Å². The average molecular weight is 283 g/mol. The topological polar surface area (TPSA) is 27.3 Å². The van der Waals surface area contributed by atoms with E-state index in [1.807, 2.05) is 0 Å². The van der Waals surface area contributed by atoms with Gasteiger partial charge >= 0.3 is 0 Å². The van der Waals surface area contributed by atoms with E-state index in [0.29, 0.717) is 6.04 Å². The van der Waals surface area contributed by atoms with Gasteiger partial charge in [0.2, 0.25) is 0 Å². The van der Waals surface area contributed by atoms with Gasteiger partial charge in [0, 0.05) is 19.1 Å². The van der Waals surface area contributed by atoms with Crippen molar-refractivity contribution >= 4 is 17.3 Å². The van der Waals surface area contributed by atoms with E-state index in [9.17, 15) is 0 Å². The van der Waals surface area contributed by atoms with E-state index in [-0.39, 0.29) is 5.41 Å². The summed E-state index contributed by atoms with van der Waals surface area (Å²) < 4.78 is 0. The SMILES string of the molecule is CN(C)CC(C)(C)CNC(=S)N[C@@H]1C[C@H]2CC[C@H]1C2. The first-order chi connectivity index (χ1) is 8.85. The molecule has 0 heterocycles. The van der Waals surface area contributed by atoms with Crippen LogP contribution in [-0.2, 0) is 0 Å². The first-order valence-electron chi connectivity index (χ1n) is 7.55. The maximum Gasteiger partial charge on any atom is 0.166 e. The summed E-state index contributed by atoms with van der Waals surface area (Å²) in [6.07, 6.45) is 5.59. The van der Waals surface area contributed by atoms with E-state index < -0.39 is 0 Å². The molecule has 3 atom stereocenters. The molecule has 2 fully saturated rings. The van der Waals surface area contributed by atoms with Crippen LogP contribution >= 0.6 is 12.2 Å². The highest BCUT2D eigenvalue weighted by atomic mass is 32.1. The van der Waals surface area contributed by atoms with Gasteiger partial charge < -0.3 is 15.5 Å². The summed E-state index contributed by atoms with van der Waals surface area (Å²) in [7, 11) is 4.24. The van der Waals surface area contributed by atoms with Crippen molar-refractivity contribution in [2.24, 2.45) is 17.3 Å². The number of thiocarbonyl (C=S) groups is 1. The van der Waals surface area contributed by atoms with Crippen LogP contribution < -0.4 is 10.6 Å². The largest absolute Gasteiger partial charge is 0.362 e. The Bertz CT molecular complexity index is 327. The van der Waals surface area contributed by atoms with E-state index in [1.54, 1.807) is 0 Å². The molecule has 2 saturated carbocycles. The molecule has 3 nitrogen and oxygen atoms in total. The normalized spacial score (nSPS) is 29.8. The van der Waals surface area contributed by atoms with Crippen LogP contribution in [0.3, 0.4) is 0 Å². The van der Waals surface area contributed by atoms with Crippen LogP contribution in [0, 0.1) is 17.3 Å². The quantitative estimate of drug-likeness (QED) is 0.757. The molecule has 0 radical (unpaired) electrons. The zero-order valence-electron chi connectivity index (χ0n) is 12.8. The molecule has 0 aromatic heterocycles. The first kappa shape index (κ1) is 15.0. The minimum atomic E-state index is 0.240. The lowest BCUT2D eigenvalue weighted by Crippen LogP contribution is -2.48. The zero-order valence-corrected chi connectivity index (χ0v) is 13.6. The van der Waals surface area contributed by atoms with E-state index in [4.69, 9.17) is 12.2 Å². The minimum absolute atomic E-state index is 0.240. The molecule has 2 N–H and O–H groups in total. The Kier molecular flexibility index (Phi) is 4.72. The van der Waals surface area contributed by atoms with E-state index in [1.165, 1.54) is 25.7 Å². The highest BCUT2D eigenvalue weighted by Crippen LogP contribution is 2.44. The van der Waals surface area contributed by atoms with Gasteiger partial charge in [-0.1, -0.05) is 20.3 Å². The molecule has 110 valence electrons. The second-order valence-corrected chi connectivity index (χ2v) is 7.92. The number of hydrogen-bond donors (Lipinski definition) is 2. The fourth-order valence-corrected chi connectivity index (χ4v) is 4.10. The van der Waals surface area contributed by atoms with Crippen molar-refractivity contribution in [2.45, 2.75) is 45.6 Å². The van der Waals surface area contributed by atoms with Crippen LogP contribution in [0.25, 0.3) is 0 Å². The Morgan fingerprint density at radius 2 is 2.00 bits per heavy atom. The maximum absolute atomic E-state index is 5.45. The van der Waals surface area contributed by atoms with Gasteiger partial charge in [0.1, 0.15) is 0 Å². The zero-order chi connectivity index (χ0) is 14.0. The molecule has 0 saturated heterocycles. The lowest BCUT2D eigenvalue weighted by Gasteiger charge is -2.30. The van der Waals surface area contributed by atoms with Gasteiger partial charge in [0.15, 0.2) is 5.11 Å². The molecule has 0 aromatic rings. The number of fused-ring (bicyclic) bond motifs is 2. The summed E-state index contributed by atoms with van der Waals surface area (Å²) in [6.45, 7) is 6.55. The number of hydrogen-bond acceptors (Lipinski definition) is 2. The predicted molar refractivity (Wildman–Crippen MR) is 85.3 cm³/mol. The van der Waals surface area contributed by atoms with Crippen LogP contribution in [0.15, 0.2) is 0 Å². The third-order valence-electron chi connectivity index (χ3n) is 4.53. The van der Waals surface area contributed by atoms with Crippen LogP contribution in [0.2, 0.25) is 0 Å². The van der Waals surface area contributed by atoms with Crippen molar-refractivity contribution < 1.29 is 0 Å². The molecular weight excluding hydrogens is 254 g/mol. The number of rotatable bonds is 5. The summed E-state index contributed by atoms with van der Waals surface area (Å²) in [6, 6.07) is 0.635. The van der Waals surface area contributed by atoms with Crippen LogP contribution in [-0.4, -0.2) is 43.2 Å². The predicted octanol–water partition coefficient (Wildman–Crippen LogP) is 2.23. The van der Waals surface area contributed by atoms with Crippen molar-refractivity contribution in [1.29, 1.82) is 0 Å². The van der Waals surface area contributed by atoms with E-state index in [2.05, 4.69) is 43.5 Å². The van der Waals surface area contributed by atoms with Gasteiger partial charge in [-0.2, -0.15) is 0 Å². The summed E-state index contributed by atoms with van der Waals surface area (Å²) in [5, 5.41) is 7.80. The van der Waals surface area contributed by atoms with Crippen molar-refractivity contribution in [2.75, 3.05) is 27.2 Å². The maximum atomic E-state index is 5.45. The molecule has 0 spiro atoms. The summed E-state index contributed by atoms with van der Waals surface area (Å²) >= 11 is 5.45. The Labute approximate surface area is 123 Å². The third-order valence-corrected chi connectivity index (χ3v) is 4.79. The molecule has 0 aliphatic heterocycles. The molecule has 2 bridgehead atoms. The van der Waals surface area contributed by atoms with Crippen molar-refractivity contribution in [1.82, 2.24) is 15.5 Å². The Hall–Kier alpha value is -0.350. The average Bonchev–Trinajstić information content (AvgIpc) is 2.86. The Balaban J connectivity index is 1.70. The second kappa shape index (κ2) is 5.96. The monoisotopic (exact) mass is 283 g/mol. The van der Waals surface area contributed by atoms with Crippen LogP contribution in [0.5, 0.6) is 0 Å². The number of nitrogens with one attached hydrogen (secondary N) is 2. The van der Waals surface area contributed by atoms with Crippen molar-refractivity contribution in [3.05, 3.63) is 0 Å². The fraction of sp³-hybridized carbons (Fsp3) is 0.933. The lowest BCUT2D eigenvalue weighted by molar-refractivity contribution is 0.241. The molecule has 2 aliphatic carbocycles. The highest BCUT2D eigenvalue weighted by Gasteiger charge is 2.39. The molecule has 2 rings (SSSR count). The standard InChI is InChI=1S/C15H29N3S/c1-15(2,10-18(3)4)9-16-14(19)17-13-8-11-5-6-12(13)7-11/h11-13H,5-10H2,1-4H3,(H2,16,17,19)/t11-,12-,13+/m0/s1. The summed E-state index contributed by atoms with van der Waals surface area (Å²) in [5.41, 5.74) is 0.240. The number of nitrogens with zero attached hydrogens (tertiary/aromatic N) is 1. The molecule has 0 aromatic carbocycles. The lowest BCUT2D eigenvalue weighted by atomic mass is 9.93. The fourth-order valence-electron chi connectivity index (χ4n) is 3.87. The Morgan fingerprint density at radius 1 is 1.26 bits per heavy atom. The second-order valence-electron chi connectivity index (χ2n) is 7.51. The van der Waals surface area contributed by atoms with Gasteiger partial charge in [-0.15, -0.1) is 0 Å². The Morgan fingerprint density at radius 3 is 2.53 bits per heavy atom. The summed E-state index contributed by atoms with van der Waals surface area (Å²) in [5.74, 6) is 1.84. The molecule has 19 heavy (non-hydrogen) atoms. The van der Waals surface area contributed by atoms with Gasteiger partial charge in [-0.3, -0.25) is 0 Å². The van der Waals surface area contributed by atoms with Crippen molar-refractivity contribution in [3.63, 3.8) is 0 Å². The minimum Gasteiger partial charge on any atom is -0.362 e. The molecule has 0 unspecified atom stereocenters. The van der Waals surface area contributed by atoms with Gasteiger partial charge in [-0.05, 0) is 62.8 Å². The smallest absolute Gasteiger partial charge is 0.166 e. The van der Waals surface area contributed by atoms with E-state index in [0.717, 1.165) is 30.0 Å². The van der Waals surface area contributed by atoms with Crippen molar-refractivity contribution in [3.8, 4) is 0 Å². The molecular formula is C15H29N3S. The van der Waals surface area contributed by atoms with Gasteiger partial charge in [-0.25, -0.2) is 0 Å². The summed E-state index contributed by atoms with van der Waals surface area (Å²) in [4.78, 5) is 2.23. The van der Waals surface area contributed by atoms with Gasteiger partial charge in [0.05, 0.1) is 0 Å².